The van der Waals surface area contributed by atoms with E-state index in [4.69, 9.17) is 0 Å². The van der Waals surface area contributed by atoms with Gasteiger partial charge in [-0.05, 0) is 75.2 Å². The topological polar surface area (TPSA) is 23.6 Å². The molecule has 23 heavy (non-hydrogen) atoms. The standard InChI is InChI=1S/C19H25FN2O/c20-16-5-3-4-15(12-16)18(23)22-10-6-19(7-11-22)13-17(14-19)21-8-1-2-9-21/h3-5,12,17H,1-2,6-11,13-14H2. The number of likely N-dealkylation sites (tertiary alicyclic amines) is 2. The Labute approximate surface area is 137 Å². The predicted octanol–water partition coefficient (Wildman–Crippen LogP) is 3.31. The van der Waals surface area contributed by atoms with Crippen molar-refractivity contribution in [1.29, 1.82) is 0 Å². The van der Waals surface area contributed by atoms with Crippen molar-refractivity contribution < 1.29 is 9.18 Å². The summed E-state index contributed by atoms with van der Waals surface area (Å²) in [5, 5.41) is 0. The highest BCUT2D eigenvalue weighted by atomic mass is 19.1. The van der Waals surface area contributed by atoms with Gasteiger partial charge in [-0.2, -0.15) is 0 Å². The first kappa shape index (κ1) is 15.1. The van der Waals surface area contributed by atoms with Crippen molar-refractivity contribution in [2.24, 2.45) is 5.41 Å². The Morgan fingerprint density at radius 2 is 1.78 bits per heavy atom. The second kappa shape index (κ2) is 5.90. The summed E-state index contributed by atoms with van der Waals surface area (Å²) in [5.74, 6) is -0.355. The van der Waals surface area contributed by atoms with Gasteiger partial charge in [-0.25, -0.2) is 4.39 Å². The number of carbonyl (C=O) groups excluding carboxylic acids is 1. The largest absolute Gasteiger partial charge is 0.339 e. The molecule has 0 bridgehead atoms. The second-order valence-electron chi connectivity index (χ2n) is 7.61. The number of hydrogen-bond acceptors (Lipinski definition) is 2. The number of carbonyl (C=O) groups is 1. The highest BCUT2D eigenvalue weighted by molar-refractivity contribution is 5.94. The summed E-state index contributed by atoms with van der Waals surface area (Å²) in [6.45, 7) is 4.21. The number of rotatable bonds is 2. The molecule has 1 aromatic carbocycles. The van der Waals surface area contributed by atoms with E-state index in [9.17, 15) is 9.18 Å². The third-order valence-corrected chi connectivity index (χ3v) is 6.18. The van der Waals surface area contributed by atoms with Crippen molar-refractivity contribution in [2.45, 2.75) is 44.6 Å². The summed E-state index contributed by atoms with van der Waals surface area (Å²) in [6, 6.07) is 6.85. The molecule has 2 heterocycles. The molecule has 4 rings (SSSR count). The number of benzene rings is 1. The third-order valence-electron chi connectivity index (χ3n) is 6.18. The molecule has 1 saturated carbocycles. The Morgan fingerprint density at radius 1 is 1.09 bits per heavy atom. The highest BCUT2D eigenvalue weighted by Gasteiger charge is 2.48. The van der Waals surface area contributed by atoms with Crippen LogP contribution in [0.4, 0.5) is 4.39 Å². The summed E-state index contributed by atoms with van der Waals surface area (Å²) in [5.41, 5.74) is 0.955. The fraction of sp³-hybridized carbons (Fsp3) is 0.632. The van der Waals surface area contributed by atoms with Crippen LogP contribution in [0.15, 0.2) is 24.3 Å². The molecule has 0 aromatic heterocycles. The van der Waals surface area contributed by atoms with Crippen LogP contribution in [0.5, 0.6) is 0 Å². The molecule has 3 fully saturated rings. The van der Waals surface area contributed by atoms with Crippen LogP contribution in [0.1, 0.15) is 48.9 Å². The number of amides is 1. The first-order valence-electron chi connectivity index (χ1n) is 8.94. The Hall–Kier alpha value is -1.42. The minimum Gasteiger partial charge on any atom is -0.339 e. The molecule has 2 saturated heterocycles. The van der Waals surface area contributed by atoms with Crippen LogP contribution in [-0.2, 0) is 0 Å². The lowest BCUT2D eigenvalue weighted by Gasteiger charge is -2.54. The van der Waals surface area contributed by atoms with Gasteiger partial charge in [0.15, 0.2) is 0 Å². The summed E-state index contributed by atoms with van der Waals surface area (Å²) >= 11 is 0. The summed E-state index contributed by atoms with van der Waals surface area (Å²) < 4.78 is 13.3. The summed E-state index contributed by atoms with van der Waals surface area (Å²) in [4.78, 5) is 17.1. The molecule has 0 N–H and O–H groups in total. The Morgan fingerprint density at radius 3 is 2.43 bits per heavy atom. The van der Waals surface area contributed by atoms with E-state index in [1.165, 1.54) is 50.9 Å². The van der Waals surface area contributed by atoms with Gasteiger partial charge in [-0.3, -0.25) is 4.79 Å². The molecule has 0 unspecified atom stereocenters. The predicted molar refractivity (Wildman–Crippen MR) is 87.8 cm³/mol. The fourth-order valence-electron chi connectivity index (χ4n) is 4.70. The number of hydrogen-bond donors (Lipinski definition) is 0. The maximum atomic E-state index is 13.3. The zero-order chi connectivity index (χ0) is 15.9. The first-order valence-corrected chi connectivity index (χ1v) is 8.94. The lowest BCUT2D eigenvalue weighted by molar-refractivity contribution is -0.0311. The van der Waals surface area contributed by atoms with E-state index in [0.717, 1.165) is 32.0 Å². The second-order valence-corrected chi connectivity index (χ2v) is 7.61. The van der Waals surface area contributed by atoms with E-state index in [-0.39, 0.29) is 11.7 Å². The van der Waals surface area contributed by atoms with Crippen molar-refractivity contribution in [2.75, 3.05) is 26.2 Å². The smallest absolute Gasteiger partial charge is 0.253 e. The molecule has 3 aliphatic rings. The quantitative estimate of drug-likeness (QED) is 0.836. The van der Waals surface area contributed by atoms with Crippen LogP contribution in [0.2, 0.25) is 0 Å². The van der Waals surface area contributed by atoms with Crippen LogP contribution in [0, 0.1) is 11.2 Å². The van der Waals surface area contributed by atoms with Gasteiger partial charge in [-0.15, -0.1) is 0 Å². The van der Waals surface area contributed by atoms with Gasteiger partial charge < -0.3 is 9.80 Å². The Bertz CT molecular complexity index is 581. The molecule has 2 aliphatic heterocycles. The molecule has 0 radical (unpaired) electrons. The molecular weight excluding hydrogens is 291 g/mol. The Balaban J connectivity index is 1.32. The SMILES string of the molecule is O=C(c1cccc(F)c1)N1CCC2(CC1)CC(N1CCCC1)C2. The highest BCUT2D eigenvalue weighted by Crippen LogP contribution is 2.51. The molecule has 1 amide bonds. The number of nitrogens with zero attached hydrogens (tertiary/aromatic N) is 2. The molecule has 0 atom stereocenters. The summed E-state index contributed by atoms with van der Waals surface area (Å²) in [7, 11) is 0. The monoisotopic (exact) mass is 316 g/mol. The van der Waals surface area contributed by atoms with Crippen LogP contribution in [0.3, 0.4) is 0 Å². The van der Waals surface area contributed by atoms with Gasteiger partial charge in [0.2, 0.25) is 0 Å². The van der Waals surface area contributed by atoms with Gasteiger partial charge in [0.25, 0.3) is 5.91 Å². The van der Waals surface area contributed by atoms with Gasteiger partial charge in [0.05, 0.1) is 0 Å². The zero-order valence-corrected chi connectivity index (χ0v) is 13.6. The van der Waals surface area contributed by atoms with Crippen molar-refractivity contribution in [1.82, 2.24) is 9.80 Å². The Kier molecular flexibility index (Phi) is 3.88. The number of piperidine rings is 1. The van der Waals surface area contributed by atoms with E-state index in [1.54, 1.807) is 12.1 Å². The van der Waals surface area contributed by atoms with Gasteiger partial charge in [-0.1, -0.05) is 6.07 Å². The molecule has 1 spiro atoms. The van der Waals surface area contributed by atoms with Gasteiger partial charge >= 0.3 is 0 Å². The average Bonchev–Trinajstić information content (AvgIpc) is 3.06. The van der Waals surface area contributed by atoms with Crippen LogP contribution in [-0.4, -0.2) is 47.9 Å². The van der Waals surface area contributed by atoms with Gasteiger partial charge in [0.1, 0.15) is 5.82 Å². The maximum Gasteiger partial charge on any atom is 0.253 e. The maximum absolute atomic E-state index is 13.3. The van der Waals surface area contributed by atoms with E-state index in [1.807, 2.05) is 4.90 Å². The van der Waals surface area contributed by atoms with Gasteiger partial charge in [0, 0.05) is 24.7 Å². The van der Waals surface area contributed by atoms with E-state index >= 15 is 0 Å². The van der Waals surface area contributed by atoms with Crippen molar-refractivity contribution in [3.05, 3.63) is 35.6 Å². The minimum atomic E-state index is -0.336. The lowest BCUT2D eigenvalue weighted by atomic mass is 9.60. The molecule has 1 aliphatic carbocycles. The molecule has 124 valence electrons. The van der Waals surface area contributed by atoms with Crippen LogP contribution >= 0.6 is 0 Å². The molecule has 4 heteroatoms. The van der Waals surface area contributed by atoms with Crippen molar-refractivity contribution in [3.63, 3.8) is 0 Å². The van der Waals surface area contributed by atoms with E-state index in [0.29, 0.717) is 11.0 Å². The van der Waals surface area contributed by atoms with Crippen LogP contribution in [0.25, 0.3) is 0 Å². The van der Waals surface area contributed by atoms with Crippen molar-refractivity contribution in [3.8, 4) is 0 Å². The molecule has 1 aromatic rings. The first-order chi connectivity index (χ1) is 11.2. The number of halogens is 1. The van der Waals surface area contributed by atoms with E-state index in [2.05, 4.69) is 4.90 Å². The average molecular weight is 316 g/mol. The van der Waals surface area contributed by atoms with Crippen LogP contribution < -0.4 is 0 Å². The molecule has 3 nitrogen and oxygen atoms in total. The summed E-state index contributed by atoms with van der Waals surface area (Å²) in [6.07, 6.45) is 7.57. The minimum absolute atomic E-state index is 0.0187. The molecular formula is C19H25FN2O. The van der Waals surface area contributed by atoms with E-state index < -0.39 is 0 Å². The zero-order valence-electron chi connectivity index (χ0n) is 13.6. The lowest BCUT2D eigenvalue weighted by Crippen LogP contribution is -2.55. The third kappa shape index (κ3) is 2.89. The normalized spacial score (nSPS) is 24.8. The fourth-order valence-corrected chi connectivity index (χ4v) is 4.70. The van der Waals surface area contributed by atoms with Crippen molar-refractivity contribution >= 4 is 5.91 Å².